The number of piperidine rings is 1. The Bertz CT molecular complexity index is 547. The molecule has 2 rings (SSSR count). The molecule has 0 bridgehead atoms. The number of carbonyl (C=O) groups is 1. The Kier molecular flexibility index (Phi) is 10.0. The molecule has 1 saturated heterocycles. The van der Waals surface area contributed by atoms with Gasteiger partial charge in [0.2, 0.25) is 0 Å². The zero-order valence-corrected chi connectivity index (χ0v) is 16.5. The fraction of sp³-hybridized carbons (Fsp3) is 0.667. The lowest BCUT2D eigenvalue weighted by atomic mass is 10.1. The van der Waals surface area contributed by atoms with Gasteiger partial charge in [0, 0.05) is 6.54 Å². The number of rotatable bonds is 11. The molecule has 0 N–H and O–H groups in total. The summed E-state index contributed by atoms with van der Waals surface area (Å²) >= 11 is 0. The smallest absolute Gasteiger partial charge is 0.403 e. The molecule has 1 aromatic carbocycles. The number of amides is 1. The molecule has 0 aliphatic carbocycles. The lowest BCUT2D eigenvalue weighted by Gasteiger charge is -2.30. The van der Waals surface area contributed by atoms with Crippen molar-refractivity contribution in [3.63, 3.8) is 0 Å². The van der Waals surface area contributed by atoms with E-state index in [9.17, 15) is 10.0 Å². The van der Waals surface area contributed by atoms with Crippen LogP contribution in [0.5, 0.6) is 5.75 Å². The van der Waals surface area contributed by atoms with Crippen molar-refractivity contribution in [1.29, 1.82) is 0 Å². The molecule has 0 spiro atoms. The molecule has 1 fully saturated rings. The average molecular weight is 378 g/mol. The summed E-state index contributed by atoms with van der Waals surface area (Å²) in [6, 6.07) is 6.82. The van der Waals surface area contributed by atoms with E-state index in [1.807, 2.05) is 0 Å². The third-order valence-corrected chi connectivity index (χ3v) is 4.84. The third-order valence-electron chi connectivity index (χ3n) is 4.84. The first-order chi connectivity index (χ1) is 13.2. The van der Waals surface area contributed by atoms with Gasteiger partial charge in [-0.1, -0.05) is 51.2 Å². The van der Waals surface area contributed by atoms with E-state index in [4.69, 9.17) is 9.47 Å². The first-order valence-electron chi connectivity index (χ1n) is 10.3. The van der Waals surface area contributed by atoms with Crippen molar-refractivity contribution >= 4 is 11.8 Å². The third kappa shape index (κ3) is 7.77. The van der Waals surface area contributed by atoms with Crippen LogP contribution in [-0.4, -0.2) is 43.8 Å². The van der Waals surface area contributed by atoms with Crippen LogP contribution in [0.1, 0.15) is 58.3 Å². The van der Waals surface area contributed by atoms with E-state index in [1.54, 1.807) is 24.3 Å². The number of unbranched alkanes of at least 4 members (excludes halogenated alkanes) is 4. The number of hydrogen-bond donors (Lipinski definition) is 0. The summed E-state index contributed by atoms with van der Waals surface area (Å²) in [4.78, 5) is 14.4. The highest BCUT2D eigenvalue weighted by Gasteiger charge is 2.14. The highest BCUT2D eigenvalue weighted by molar-refractivity contribution is 5.90. The maximum absolute atomic E-state index is 12.4. The van der Waals surface area contributed by atoms with Crippen LogP contribution in [0.25, 0.3) is 0 Å². The predicted molar refractivity (Wildman–Crippen MR) is 108 cm³/mol. The highest BCUT2D eigenvalue weighted by atomic mass is 16.6. The lowest BCUT2D eigenvalue weighted by Crippen LogP contribution is -2.34. The van der Waals surface area contributed by atoms with Gasteiger partial charge in [-0.2, -0.15) is 0 Å². The Hall–Kier alpha value is -1.79. The van der Waals surface area contributed by atoms with Crippen LogP contribution in [-0.2, 0) is 4.74 Å². The zero-order valence-electron chi connectivity index (χ0n) is 16.5. The highest BCUT2D eigenvalue weighted by Crippen LogP contribution is 2.28. The van der Waals surface area contributed by atoms with Crippen LogP contribution < -0.4 is 9.80 Å². The van der Waals surface area contributed by atoms with Crippen LogP contribution in [0.3, 0.4) is 0 Å². The number of carbonyl (C=O) groups excluding carboxylic acids is 1. The molecule has 6 heteroatoms. The van der Waals surface area contributed by atoms with Crippen molar-refractivity contribution in [3.8, 4) is 5.75 Å². The number of ether oxygens (including phenoxy) is 2. The van der Waals surface area contributed by atoms with E-state index in [0.717, 1.165) is 25.9 Å². The van der Waals surface area contributed by atoms with Gasteiger partial charge in [-0.05, 0) is 44.5 Å². The minimum atomic E-state index is -0.883. The van der Waals surface area contributed by atoms with E-state index >= 15 is 0 Å². The molecule has 1 amide bonds. The van der Waals surface area contributed by atoms with Crippen molar-refractivity contribution < 1.29 is 14.3 Å². The molecule has 1 aliphatic heterocycles. The molecule has 0 aromatic heterocycles. The van der Waals surface area contributed by atoms with Crippen LogP contribution >= 0.6 is 0 Å². The molecular weight excluding hydrogens is 344 g/mol. The second-order valence-corrected chi connectivity index (χ2v) is 7.04. The minimum Gasteiger partial charge on any atom is -0.749 e. The Labute approximate surface area is 163 Å². The molecule has 0 atom stereocenters. The van der Waals surface area contributed by atoms with Crippen molar-refractivity contribution in [1.82, 2.24) is 4.90 Å². The fourth-order valence-electron chi connectivity index (χ4n) is 3.24. The number of anilines is 1. The molecule has 152 valence electrons. The molecule has 0 unspecified atom stereocenters. The molecule has 6 nitrogen and oxygen atoms in total. The molecule has 27 heavy (non-hydrogen) atoms. The Balaban J connectivity index is 1.76. The van der Waals surface area contributed by atoms with Crippen LogP contribution in [0, 0.1) is 5.21 Å². The maximum Gasteiger partial charge on any atom is 0.403 e. The van der Waals surface area contributed by atoms with Crippen molar-refractivity contribution in [2.24, 2.45) is 0 Å². The lowest BCUT2D eigenvalue weighted by molar-refractivity contribution is 0.127. The SMILES string of the molecule is CCCCCCCOc1ccccc1N([O-])C(=O)OCCN1CCCCC1. The van der Waals surface area contributed by atoms with E-state index in [-0.39, 0.29) is 12.3 Å². The second-order valence-electron chi connectivity index (χ2n) is 7.04. The van der Waals surface area contributed by atoms with Gasteiger partial charge in [0.25, 0.3) is 0 Å². The number of para-hydroxylation sites is 2. The Morgan fingerprint density at radius 2 is 1.81 bits per heavy atom. The van der Waals surface area contributed by atoms with Gasteiger partial charge in [0.15, 0.2) is 0 Å². The standard InChI is InChI=1S/C21H33N2O4/c1-2-3-4-5-11-17-26-20-13-8-7-12-19(20)23(25)21(24)27-18-16-22-14-9-6-10-15-22/h7-8,12-13H,2-6,9-11,14-18H2,1H3/q-1. The second kappa shape index (κ2) is 12.6. The first-order valence-corrected chi connectivity index (χ1v) is 10.3. The van der Waals surface area contributed by atoms with E-state index in [2.05, 4.69) is 11.8 Å². The van der Waals surface area contributed by atoms with Gasteiger partial charge < -0.3 is 19.7 Å². The summed E-state index contributed by atoms with van der Waals surface area (Å²) in [5.41, 5.74) is 0.203. The van der Waals surface area contributed by atoms with Crippen molar-refractivity contribution in [2.75, 3.05) is 37.9 Å². The normalized spacial score (nSPS) is 14.7. The van der Waals surface area contributed by atoms with Crippen molar-refractivity contribution in [2.45, 2.75) is 58.3 Å². The van der Waals surface area contributed by atoms with Gasteiger partial charge >= 0.3 is 6.09 Å². The molecule has 1 aliphatic rings. The van der Waals surface area contributed by atoms with Crippen LogP contribution in [0.4, 0.5) is 10.5 Å². The van der Waals surface area contributed by atoms with Gasteiger partial charge in [0.1, 0.15) is 12.4 Å². The summed E-state index contributed by atoms with van der Waals surface area (Å²) in [5, 5.41) is 12.7. The van der Waals surface area contributed by atoms with E-state index < -0.39 is 6.09 Å². The largest absolute Gasteiger partial charge is 0.749 e. The maximum atomic E-state index is 12.4. The Morgan fingerprint density at radius 3 is 2.59 bits per heavy atom. The molecular formula is C21H33N2O4-. The van der Waals surface area contributed by atoms with Gasteiger partial charge in [-0.3, -0.25) is 4.90 Å². The summed E-state index contributed by atoms with van der Waals surface area (Å²) in [7, 11) is 0. The number of nitrogens with zero attached hydrogens (tertiary/aromatic N) is 2. The summed E-state index contributed by atoms with van der Waals surface area (Å²) in [6.45, 7) is 5.70. The predicted octanol–water partition coefficient (Wildman–Crippen LogP) is 4.96. The fourth-order valence-corrected chi connectivity index (χ4v) is 3.24. The summed E-state index contributed by atoms with van der Waals surface area (Å²) in [5.74, 6) is 0.427. The molecule has 1 aromatic rings. The van der Waals surface area contributed by atoms with Gasteiger partial charge in [0.05, 0.1) is 12.3 Å². The summed E-state index contributed by atoms with van der Waals surface area (Å²) < 4.78 is 10.9. The van der Waals surface area contributed by atoms with Crippen molar-refractivity contribution in [3.05, 3.63) is 29.5 Å². The van der Waals surface area contributed by atoms with Gasteiger partial charge in [-0.15, -0.1) is 0 Å². The average Bonchev–Trinajstić information content (AvgIpc) is 2.71. The monoisotopic (exact) mass is 377 g/mol. The van der Waals surface area contributed by atoms with Crippen LogP contribution in [0.2, 0.25) is 0 Å². The molecule has 0 saturated carbocycles. The van der Waals surface area contributed by atoms with E-state index in [0.29, 0.717) is 24.0 Å². The summed E-state index contributed by atoms with van der Waals surface area (Å²) in [6.07, 6.45) is 8.42. The quantitative estimate of drug-likeness (QED) is 0.403. The topological polar surface area (TPSA) is 65.1 Å². The number of benzene rings is 1. The van der Waals surface area contributed by atoms with Crippen LogP contribution in [0.15, 0.2) is 24.3 Å². The number of hydroxylamine groups is 1. The van der Waals surface area contributed by atoms with Gasteiger partial charge in [-0.25, -0.2) is 4.79 Å². The minimum absolute atomic E-state index is 0.203. The Morgan fingerprint density at radius 1 is 1.07 bits per heavy atom. The zero-order chi connectivity index (χ0) is 19.3. The number of likely N-dealkylation sites (tertiary alicyclic amines) is 1. The number of hydrogen-bond acceptors (Lipinski definition) is 5. The first kappa shape index (κ1) is 21.5. The molecule has 0 radical (unpaired) electrons. The van der Waals surface area contributed by atoms with E-state index in [1.165, 1.54) is 38.5 Å². The molecule has 1 heterocycles.